The highest BCUT2D eigenvalue weighted by molar-refractivity contribution is 5.96. The second-order valence-corrected chi connectivity index (χ2v) is 7.92. The summed E-state index contributed by atoms with van der Waals surface area (Å²) in [5.41, 5.74) is 3.77. The summed E-state index contributed by atoms with van der Waals surface area (Å²) in [6, 6.07) is 8.37. The molecule has 31 heavy (non-hydrogen) atoms. The summed E-state index contributed by atoms with van der Waals surface area (Å²) in [7, 11) is 3.98. The van der Waals surface area contributed by atoms with Gasteiger partial charge in [0.15, 0.2) is 5.78 Å². The molecule has 5 rings (SSSR count). The van der Waals surface area contributed by atoms with E-state index in [-0.39, 0.29) is 12.2 Å². The number of piperazine rings is 1. The van der Waals surface area contributed by atoms with Gasteiger partial charge in [-0.05, 0) is 30.8 Å². The summed E-state index contributed by atoms with van der Waals surface area (Å²) >= 11 is 0. The SMILES string of the molecule is CN1CCN(c2nc(C(=O)Cc3cc4cc(-c5cnn(C)c5)ccc4nn3)co2)CC1. The summed E-state index contributed by atoms with van der Waals surface area (Å²) in [5.74, 6) is -0.138. The van der Waals surface area contributed by atoms with Gasteiger partial charge in [-0.25, -0.2) is 0 Å². The van der Waals surface area contributed by atoms with Gasteiger partial charge in [-0.2, -0.15) is 20.3 Å². The van der Waals surface area contributed by atoms with Crippen molar-refractivity contribution in [2.45, 2.75) is 6.42 Å². The lowest BCUT2D eigenvalue weighted by molar-refractivity contribution is 0.0987. The van der Waals surface area contributed by atoms with Crippen LogP contribution < -0.4 is 4.90 Å². The average molecular weight is 417 g/mol. The molecule has 1 aromatic carbocycles. The third-order valence-corrected chi connectivity index (χ3v) is 5.57. The molecule has 0 saturated carbocycles. The lowest BCUT2D eigenvalue weighted by Crippen LogP contribution is -2.44. The maximum Gasteiger partial charge on any atom is 0.297 e. The molecule has 1 fully saturated rings. The molecular weight excluding hydrogens is 394 g/mol. The van der Waals surface area contributed by atoms with E-state index in [0.717, 1.165) is 48.2 Å². The Hall–Kier alpha value is -3.59. The van der Waals surface area contributed by atoms with Crippen LogP contribution in [0.5, 0.6) is 0 Å². The number of aromatic nitrogens is 5. The van der Waals surface area contributed by atoms with E-state index in [2.05, 4.69) is 37.1 Å². The summed E-state index contributed by atoms with van der Waals surface area (Å²) in [6.45, 7) is 3.55. The number of likely N-dealkylation sites (N-methyl/N-ethyl adjacent to an activating group) is 1. The number of oxazole rings is 1. The summed E-state index contributed by atoms with van der Waals surface area (Å²) in [4.78, 5) is 21.5. The van der Waals surface area contributed by atoms with E-state index in [4.69, 9.17) is 4.42 Å². The third-order valence-electron chi connectivity index (χ3n) is 5.57. The molecule has 0 aliphatic carbocycles. The molecule has 0 radical (unpaired) electrons. The fraction of sp³-hybridized carbons (Fsp3) is 0.318. The van der Waals surface area contributed by atoms with Crippen molar-refractivity contribution >= 4 is 22.7 Å². The molecule has 1 saturated heterocycles. The van der Waals surface area contributed by atoms with Crippen molar-refractivity contribution < 1.29 is 9.21 Å². The predicted molar refractivity (Wildman–Crippen MR) is 116 cm³/mol. The van der Waals surface area contributed by atoms with E-state index in [0.29, 0.717) is 17.4 Å². The van der Waals surface area contributed by atoms with E-state index < -0.39 is 0 Å². The molecule has 4 heterocycles. The standard InChI is InChI=1S/C22H23N7O2/c1-27-5-7-29(8-6-27)22-24-20(14-31-22)21(30)11-18-10-16-9-15(3-4-19(16)26-25-18)17-12-23-28(2)13-17/h3-4,9-10,12-14H,5-8,11H2,1-2H3. The molecule has 9 nitrogen and oxygen atoms in total. The fourth-order valence-corrected chi connectivity index (χ4v) is 3.71. The minimum absolute atomic E-state index is 0.120. The Kier molecular flexibility index (Phi) is 4.95. The van der Waals surface area contributed by atoms with Crippen LogP contribution in [0.1, 0.15) is 16.2 Å². The lowest BCUT2D eigenvalue weighted by Gasteiger charge is -2.31. The van der Waals surface area contributed by atoms with Crippen LogP contribution in [0.4, 0.5) is 6.01 Å². The number of fused-ring (bicyclic) bond motifs is 1. The van der Waals surface area contributed by atoms with Crippen LogP contribution in [0.3, 0.4) is 0 Å². The Morgan fingerprint density at radius 2 is 1.90 bits per heavy atom. The minimum atomic E-state index is -0.138. The molecule has 0 spiro atoms. The van der Waals surface area contributed by atoms with Gasteiger partial charge in [0.2, 0.25) is 0 Å². The molecule has 1 aliphatic heterocycles. The second kappa shape index (κ2) is 7.92. The zero-order valence-corrected chi connectivity index (χ0v) is 17.5. The highest BCUT2D eigenvalue weighted by atomic mass is 16.4. The topological polar surface area (TPSA) is 93.2 Å². The normalized spacial score (nSPS) is 15.0. The molecular formula is C22H23N7O2. The highest BCUT2D eigenvalue weighted by Crippen LogP contribution is 2.23. The molecule has 0 N–H and O–H groups in total. The maximum atomic E-state index is 12.8. The molecule has 9 heteroatoms. The number of benzene rings is 1. The third kappa shape index (κ3) is 4.04. The van der Waals surface area contributed by atoms with Gasteiger partial charge in [-0.1, -0.05) is 6.07 Å². The van der Waals surface area contributed by atoms with Crippen LogP contribution in [-0.2, 0) is 13.5 Å². The van der Waals surface area contributed by atoms with Crippen molar-refractivity contribution in [2.24, 2.45) is 7.05 Å². The number of anilines is 1. The number of aryl methyl sites for hydroxylation is 1. The zero-order valence-electron chi connectivity index (χ0n) is 17.5. The zero-order chi connectivity index (χ0) is 21.4. The van der Waals surface area contributed by atoms with Crippen molar-refractivity contribution in [1.82, 2.24) is 29.9 Å². The van der Waals surface area contributed by atoms with Gasteiger partial charge in [-0.15, -0.1) is 0 Å². The van der Waals surface area contributed by atoms with Crippen molar-refractivity contribution in [2.75, 3.05) is 38.1 Å². The van der Waals surface area contributed by atoms with E-state index in [1.807, 2.05) is 43.7 Å². The number of ketones is 1. The number of hydrogen-bond acceptors (Lipinski definition) is 8. The molecule has 0 bridgehead atoms. The van der Waals surface area contributed by atoms with Gasteiger partial charge >= 0.3 is 0 Å². The first-order chi connectivity index (χ1) is 15.0. The van der Waals surface area contributed by atoms with Crippen LogP contribution in [0.2, 0.25) is 0 Å². The number of carbonyl (C=O) groups excluding carboxylic acids is 1. The summed E-state index contributed by atoms with van der Waals surface area (Å²) in [6.07, 6.45) is 5.34. The Labute approximate surface area is 179 Å². The Morgan fingerprint density at radius 1 is 1.06 bits per heavy atom. The van der Waals surface area contributed by atoms with E-state index >= 15 is 0 Å². The molecule has 0 amide bonds. The van der Waals surface area contributed by atoms with Gasteiger partial charge in [0, 0.05) is 50.4 Å². The predicted octanol–water partition coefficient (Wildman–Crippen LogP) is 2.20. The molecule has 0 atom stereocenters. The van der Waals surface area contributed by atoms with Gasteiger partial charge in [0.1, 0.15) is 12.0 Å². The Morgan fingerprint density at radius 3 is 2.68 bits per heavy atom. The minimum Gasteiger partial charge on any atom is -0.431 e. The summed E-state index contributed by atoms with van der Waals surface area (Å²) < 4.78 is 7.33. The maximum absolute atomic E-state index is 12.8. The van der Waals surface area contributed by atoms with Gasteiger partial charge < -0.3 is 14.2 Å². The van der Waals surface area contributed by atoms with Crippen molar-refractivity contribution in [3.63, 3.8) is 0 Å². The quantitative estimate of drug-likeness (QED) is 0.456. The highest BCUT2D eigenvalue weighted by Gasteiger charge is 2.21. The smallest absolute Gasteiger partial charge is 0.297 e. The molecule has 158 valence electrons. The van der Waals surface area contributed by atoms with Crippen molar-refractivity contribution in [1.29, 1.82) is 0 Å². The monoisotopic (exact) mass is 417 g/mol. The van der Waals surface area contributed by atoms with Gasteiger partial charge in [0.25, 0.3) is 6.01 Å². The van der Waals surface area contributed by atoms with E-state index in [1.165, 1.54) is 6.26 Å². The first-order valence-electron chi connectivity index (χ1n) is 10.2. The van der Waals surface area contributed by atoms with Crippen LogP contribution in [-0.4, -0.2) is 68.9 Å². The van der Waals surface area contributed by atoms with Gasteiger partial charge in [0.05, 0.1) is 23.8 Å². The molecule has 0 unspecified atom stereocenters. The molecule has 1 aliphatic rings. The number of Topliss-reactive ketones (excluding diaryl/α,β-unsaturated/α-hetero) is 1. The molecule has 3 aromatic heterocycles. The van der Waals surface area contributed by atoms with Gasteiger partial charge in [-0.3, -0.25) is 9.48 Å². The number of rotatable bonds is 5. The van der Waals surface area contributed by atoms with Crippen LogP contribution in [0.25, 0.3) is 22.0 Å². The summed E-state index contributed by atoms with van der Waals surface area (Å²) in [5, 5.41) is 13.6. The van der Waals surface area contributed by atoms with Crippen LogP contribution in [0, 0.1) is 0 Å². The van der Waals surface area contributed by atoms with E-state index in [1.54, 1.807) is 4.68 Å². The number of nitrogens with zero attached hydrogens (tertiary/aromatic N) is 7. The van der Waals surface area contributed by atoms with Crippen molar-refractivity contribution in [3.8, 4) is 11.1 Å². The average Bonchev–Trinajstić information content (AvgIpc) is 3.43. The molecule has 4 aromatic rings. The van der Waals surface area contributed by atoms with Crippen LogP contribution >= 0.6 is 0 Å². The van der Waals surface area contributed by atoms with Crippen LogP contribution in [0.15, 0.2) is 47.3 Å². The Bertz CT molecular complexity index is 1240. The van der Waals surface area contributed by atoms with Crippen molar-refractivity contribution in [3.05, 3.63) is 54.3 Å². The second-order valence-electron chi connectivity index (χ2n) is 7.92. The lowest BCUT2D eigenvalue weighted by atomic mass is 10.1. The number of carbonyl (C=O) groups is 1. The fourth-order valence-electron chi connectivity index (χ4n) is 3.71. The first-order valence-corrected chi connectivity index (χ1v) is 10.2. The first kappa shape index (κ1) is 19.4. The number of hydrogen-bond donors (Lipinski definition) is 0. The van der Waals surface area contributed by atoms with E-state index in [9.17, 15) is 4.79 Å². The largest absolute Gasteiger partial charge is 0.431 e. The Balaban J connectivity index is 1.33.